The zero-order valence-electron chi connectivity index (χ0n) is 12.9. The number of benzene rings is 2. The van der Waals surface area contributed by atoms with E-state index in [1.807, 2.05) is 37.3 Å². The highest BCUT2D eigenvalue weighted by Gasteiger charge is 2.14. The molecule has 1 amide bonds. The summed E-state index contributed by atoms with van der Waals surface area (Å²) in [5.74, 6) is 1.02. The second-order valence-electron chi connectivity index (χ2n) is 5.10. The van der Waals surface area contributed by atoms with E-state index in [4.69, 9.17) is 4.84 Å². The van der Waals surface area contributed by atoms with Gasteiger partial charge in [0.15, 0.2) is 11.8 Å². The smallest absolute Gasteiger partial charge is 0.174 e. The van der Waals surface area contributed by atoms with Gasteiger partial charge in [-0.1, -0.05) is 24.3 Å². The van der Waals surface area contributed by atoms with Crippen molar-refractivity contribution in [1.82, 2.24) is 15.0 Å². The first kappa shape index (κ1) is 14.9. The van der Waals surface area contributed by atoms with Crippen LogP contribution in [0, 0.1) is 6.92 Å². The Morgan fingerprint density at radius 3 is 2.74 bits per heavy atom. The predicted molar refractivity (Wildman–Crippen MR) is 84.7 cm³/mol. The van der Waals surface area contributed by atoms with Crippen LogP contribution in [-0.2, 0) is 0 Å². The molecule has 0 saturated carbocycles. The number of hydroxylamine groups is 2. The number of aromatic nitrogens is 2. The van der Waals surface area contributed by atoms with Gasteiger partial charge in [0, 0.05) is 0 Å². The molecule has 1 heterocycles. The van der Waals surface area contributed by atoms with Gasteiger partial charge in [0.1, 0.15) is 5.82 Å². The highest BCUT2D eigenvalue weighted by molar-refractivity contribution is 5.83. The lowest BCUT2D eigenvalue weighted by atomic mass is 10.2. The van der Waals surface area contributed by atoms with Crippen LogP contribution in [0.3, 0.4) is 0 Å². The lowest BCUT2D eigenvalue weighted by Crippen LogP contribution is -2.43. The van der Waals surface area contributed by atoms with E-state index in [1.165, 1.54) is 0 Å². The summed E-state index contributed by atoms with van der Waals surface area (Å²) in [5, 5.41) is 11.8. The quantitative estimate of drug-likeness (QED) is 0.751. The summed E-state index contributed by atoms with van der Waals surface area (Å²) in [6.45, 7) is 3.82. The summed E-state index contributed by atoms with van der Waals surface area (Å²) in [5.41, 5.74) is 3.54. The Morgan fingerprint density at radius 1 is 1.26 bits per heavy atom. The topological polar surface area (TPSA) is 81.3 Å². The van der Waals surface area contributed by atoms with Crippen molar-refractivity contribution in [2.24, 2.45) is 0 Å². The van der Waals surface area contributed by atoms with Crippen molar-refractivity contribution < 1.29 is 14.7 Å². The largest absolute Gasteiger partial charge is 0.528 e. The summed E-state index contributed by atoms with van der Waals surface area (Å²) < 4.78 is 0. The Morgan fingerprint density at radius 2 is 2.04 bits per heavy atom. The third-order valence-corrected chi connectivity index (χ3v) is 3.56. The molecular formula is C17H16N3O3-. The highest BCUT2D eigenvalue weighted by atomic mass is 16.7. The van der Waals surface area contributed by atoms with Crippen LogP contribution in [0.5, 0.6) is 5.75 Å². The van der Waals surface area contributed by atoms with Crippen LogP contribution in [-0.4, -0.2) is 27.7 Å². The zero-order valence-corrected chi connectivity index (χ0v) is 12.9. The number of H-pyrrole nitrogens is 1. The monoisotopic (exact) mass is 310 g/mol. The number of aryl methyl sites for hydroxylation is 1. The molecule has 23 heavy (non-hydrogen) atoms. The molecule has 0 aliphatic heterocycles. The van der Waals surface area contributed by atoms with Crippen molar-refractivity contribution in [1.29, 1.82) is 0 Å². The van der Waals surface area contributed by atoms with E-state index < -0.39 is 6.09 Å². The Kier molecular flexibility index (Phi) is 3.89. The van der Waals surface area contributed by atoms with E-state index >= 15 is 0 Å². The first-order valence-corrected chi connectivity index (χ1v) is 7.31. The minimum atomic E-state index is -1.39. The van der Waals surface area contributed by atoms with Crippen LogP contribution in [0.25, 0.3) is 22.4 Å². The molecule has 0 aliphatic carbocycles. The fraction of sp³-hybridized carbons (Fsp3) is 0.176. The van der Waals surface area contributed by atoms with Gasteiger partial charge in [-0.2, -0.15) is 5.06 Å². The van der Waals surface area contributed by atoms with Crippen LogP contribution < -0.4 is 9.94 Å². The Balaban J connectivity index is 2.05. The molecular weight excluding hydrogens is 294 g/mol. The van der Waals surface area contributed by atoms with Crippen LogP contribution in [0.2, 0.25) is 0 Å². The number of carboxylic acid groups (broad SMARTS) is 1. The summed E-state index contributed by atoms with van der Waals surface area (Å²) in [6.07, 6.45) is -1.39. The Labute approximate surface area is 133 Å². The highest BCUT2D eigenvalue weighted by Crippen LogP contribution is 2.30. The lowest BCUT2D eigenvalue weighted by molar-refractivity contribution is -0.287. The maximum atomic E-state index is 11.0. The van der Waals surface area contributed by atoms with Crippen molar-refractivity contribution >= 4 is 17.1 Å². The Hall–Kier alpha value is -3.02. The second-order valence-corrected chi connectivity index (χ2v) is 5.10. The zero-order chi connectivity index (χ0) is 16.4. The predicted octanol–water partition coefficient (Wildman–Crippen LogP) is 2.50. The summed E-state index contributed by atoms with van der Waals surface area (Å²) in [7, 11) is 0. The van der Waals surface area contributed by atoms with Gasteiger partial charge < -0.3 is 19.7 Å². The third kappa shape index (κ3) is 2.83. The minimum absolute atomic E-state index is 0.163. The van der Waals surface area contributed by atoms with Crippen molar-refractivity contribution in [3.63, 3.8) is 0 Å². The van der Waals surface area contributed by atoms with Gasteiger partial charge in [0.25, 0.3) is 0 Å². The number of hydrogen-bond donors (Lipinski definition) is 1. The molecule has 3 aromatic rings. The van der Waals surface area contributed by atoms with Crippen LogP contribution in [0.1, 0.15) is 12.5 Å². The molecule has 0 fully saturated rings. The van der Waals surface area contributed by atoms with E-state index in [0.29, 0.717) is 17.1 Å². The molecule has 0 aliphatic rings. The van der Waals surface area contributed by atoms with Gasteiger partial charge in [-0.15, -0.1) is 0 Å². The standard InChI is InChI=1S/C17H17N3O3/c1-3-20(17(21)22)23-14-10-5-4-8-12(14)16-18-13-9-6-7-11(2)15(13)19-16/h4-10H,3H2,1-2H3,(H,18,19)(H,21,22)/p-1. The van der Waals surface area contributed by atoms with Crippen molar-refractivity contribution in [2.45, 2.75) is 13.8 Å². The van der Waals surface area contributed by atoms with Gasteiger partial charge in [-0.25, -0.2) is 4.98 Å². The van der Waals surface area contributed by atoms with Gasteiger partial charge in [0.05, 0.1) is 23.1 Å². The van der Waals surface area contributed by atoms with Crippen LogP contribution >= 0.6 is 0 Å². The molecule has 0 spiro atoms. The number of hydrogen-bond acceptors (Lipinski definition) is 4. The van der Waals surface area contributed by atoms with E-state index in [-0.39, 0.29) is 6.54 Å². The molecule has 6 nitrogen and oxygen atoms in total. The summed E-state index contributed by atoms with van der Waals surface area (Å²) in [6, 6.07) is 13.0. The van der Waals surface area contributed by atoms with Gasteiger partial charge in [-0.05, 0) is 37.6 Å². The van der Waals surface area contributed by atoms with Gasteiger partial charge >= 0.3 is 0 Å². The average molecular weight is 310 g/mol. The Bertz CT molecular complexity index is 857. The molecule has 2 aromatic carbocycles. The van der Waals surface area contributed by atoms with Crippen molar-refractivity contribution in [2.75, 3.05) is 6.54 Å². The molecule has 3 rings (SSSR count). The van der Waals surface area contributed by atoms with E-state index in [2.05, 4.69) is 9.97 Å². The molecule has 0 bridgehead atoms. The number of amides is 1. The first-order valence-electron chi connectivity index (χ1n) is 7.31. The third-order valence-electron chi connectivity index (χ3n) is 3.56. The number of carbonyl (C=O) groups excluding carboxylic acids is 1. The number of para-hydroxylation sites is 2. The number of rotatable bonds is 4. The fourth-order valence-electron chi connectivity index (χ4n) is 2.39. The summed E-state index contributed by atoms with van der Waals surface area (Å²) in [4.78, 5) is 24.3. The number of carbonyl (C=O) groups is 1. The van der Waals surface area contributed by atoms with Crippen molar-refractivity contribution in [3.05, 3.63) is 48.0 Å². The second kappa shape index (κ2) is 6.00. The van der Waals surface area contributed by atoms with E-state index in [0.717, 1.165) is 21.7 Å². The number of imidazole rings is 1. The van der Waals surface area contributed by atoms with Gasteiger partial charge in [-0.3, -0.25) is 0 Å². The maximum Gasteiger partial charge on any atom is 0.174 e. The van der Waals surface area contributed by atoms with Crippen LogP contribution in [0.15, 0.2) is 42.5 Å². The van der Waals surface area contributed by atoms with Crippen LogP contribution in [0.4, 0.5) is 4.79 Å². The maximum absolute atomic E-state index is 11.0. The number of nitrogens with zero attached hydrogens (tertiary/aromatic N) is 2. The minimum Gasteiger partial charge on any atom is -0.528 e. The molecule has 6 heteroatoms. The molecule has 0 atom stereocenters. The van der Waals surface area contributed by atoms with E-state index in [9.17, 15) is 9.90 Å². The molecule has 1 aromatic heterocycles. The lowest BCUT2D eigenvalue weighted by Gasteiger charge is -2.23. The fourth-order valence-corrected chi connectivity index (χ4v) is 2.39. The summed E-state index contributed by atoms with van der Waals surface area (Å²) >= 11 is 0. The number of aromatic amines is 1. The molecule has 1 N–H and O–H groups in total. The van der Waals surface area contributed by atoms with Gasteiger partial charge in [0.2, 0.25) is 0 Å². The average Bonchev–Trinajstić information content (AvgIpc) is 2.98. The molecule has 0 radical (unpaired) electrons. The molecule has 0 saturated heterocycles. The number of fused-ring (bicyclic) bond motifs is 1. The van der Waals surface area contributed by atoms with E-state index in [1.54, 1.807) is 19.1 Å². The molecule has 0 unspecified atom stereocenters. The molecule has 118 valence electrons. The first-order chi connectivity index (χ1) is 11.1. The SMILES string of the molecule is CCN(Oc1ccccc1-c1nc2c(C)cccc2[nH]1)C(=O)[O-]. The number of nitrogens with one attached hydrogen (secondary N) is 1. The normalized spacial score (nSPS) is 10.7. The van der Waals surface area contributed by atoms with Crippen molar-refractivity contribution in [3.8, 4) is 17.1 Å².